The fourth-order valence-electron chi connectivity index (χ4n) is 12.1. The van der Waals surface area contributed by atoms with Gasteiger partial charge in [-0.25, -0.2) is 0 Å². The summed E-state index contributed by atoms with van der Waals surface area (Å²) in [5, 5.41) is 14.2. The normalized spacial score (nSPS) is 12.0. The van der Waals surface area contributed by atoms with Gasteiger partial charge in [-0.1, -0.05) is 180 Å². The third kappa shape index (κ3) is 31.1. The first-order valence-corrected chi connectivity index (χ1v) is 40.4. The molecule has 0 spiro atoms. The number of allylic oxidation sites excluding steroid dienone is 1. The molecule has 554 valence electrons. The molecule has 0 saturated carbocycles. The van der Waals surface area contributed by atoms with Crippen molar-refractivity contribution < 1.29 is 19.5 Å². The predicted molar refractivity (Wildman–Crippen MR) is 450 cm³/mol. The zero-order valence-corrected chi connectivity index (χ0v) is 66.2. The van der Waals surface area contributed by atoms with Crippen LogP contribution in [0.2, 0.25) is 0 Å². The molecular weight excluding hydrogens is 1380 g/mol. The van der Waals surface area contributed by atoms with Gasteiger partial charge in [0.25, 0.3) is 0 Å². The molecule has 11 nitrogen and oxygen atoms in total. The van der Waals surface area contributed by atoms with Crippen molar-refractivity contribution in [2.24, 2.45) is 0 Å². The van der Waals surface area contributed by atoms with Crippen LogP contribution in [0.1, 0.15) is 97.4 Å². The van der Waals surface area contributed by atoms with Crippen molar-refractivity contribution in [2.45, 2.75) is 104 Å². The predicted octanol–water partition coefficient (Wildman–Crippen LogP) is 20.2. The first-order valence-electron chi connectivity index (χ1n) is 36.4. The number of halogens is 4. The summed E-state index contributed by atoms with van der Waals surface area (Å²) in [4.78, 5) is 41.9. The molecule has 0 aromatic heterocycles. The summed E-state index contributed by atoms with van der Waals surface area (Å²) >= 11 is 20.8. The van der Waals surface area contributed by atoms with Crippen molar-refractivity contribution in [1.29, 1.82) is 0 Å². The Kier molecular flexibility index (Phi) is 45.8. The lowest BCUT2D eigenvalue weighted by molar-refractivity contribution is -0.124. The van der Waals surface area contributed by atoms with E-state index in [1.54, 1.807) is 4.90 Å². The number of aldehydes is 1. The Balaban J connectivity index is 0.000000263. The summed E-state index contributed by atoms with van der Waals surface area (Å²) in [6, 6.07) is 69.5. The summed E-state index contributed by atoms with van der Waals surface area (Å²) in [6.45, 7) is 26.0. The Morgan fingerprint density at radius 3 is 1.02 bits per heavy atom. The van der Waals surface area contributed by atoms with Crippen LogP contribution in [-0.4, -0.2) is 136 Å². The fourth-order valence-corrected chi connectivity index (χ4v) is 12.4. The average molecular weight is 1490 g/mol. The monoisotopic (exact) mass is 1490 g/mol. The number of rotatable bonds is 20. The van der Waals surface area contributed by atoms with Crippen LogP contribution in [0.3, 0.4) is 0 Å². The molecule has 0 fully saturated rings. The topological polar surface area (TPSA) is 112 Å². The van der Waals surface area contributed by atoms with Gasteiger partial charge in [-0.3, -0.25) is 9.59 Å². The van der Waals surface area contributed by atoms with Gasteiger partial charge in [0.15, 0.2) is 0 Å². The highest BCUT2D eigenvalue weighted by Crippen LogP contribution is 2.39. The van der Waals surface area contributed by atoms with Crippen molar-refractivity contribution in [3.63, 3.8) is 0 Å². The van der Waals surface area contributed by atoms with Gasteiger partial charge in [-0.05, 0) is 240 Å². The molecule has 103 heavy (non-hydrogen) atoms. The number of amides is 1. The maximum Gasteiger partial charge on any atom is 0.245 e. The van der Waals surface area contributed by atoms with E-state index in [9.17, 15) is 14.4 Å². The van der Waals surface area contributed by atoms with Crippen LogP contribution in [0.5, 0.6) is 0 Å². The van der Waals surface area contributed by atoms with Crippen LogP contribution in [0, 0.1) is 0 Å². The number of para-hydroxylation sites is 8. The molecule has 4 heterocycles. The molecule has 0 atom stereocenters. The number of benzene rings is 8. The Labute approximate surface area is 640 Å². The van der Waals surface area contributed by atoms with Crippen molar-refractivity contribution in [3.05, 3.63) is 264 Å². The van der Waals surface area contributed by atoms with Gasteiger partial charge in [0, 0.05) is 109 Å². The number of carbonyl (C=O) groups excluding carboxylic acids is 3. The Bertz CT molecular complexity index is 3510. The number of likely N-dealkylation sites (N-methyl/N-ethyl adjacent to an activating group) is 1. The molecule has 3 N–H and O–H groups in total. The maximum absolute atomic E-state index is 11.6. The molecule has 16 heteroatoms. The number of nitrogens with zero attached hydrogens (tertiary/aromatic N) is 5. The van der Waals surface area contributed by atoms with E-state index in [1.807, 2.05) is 14.1 Å². The SMILES string of the molecule is C=CC(=O)Cl.C=CC(=O)N(C)CCCN1c2ccccc2CCc2ccccc21.CCN(CC)CC.CNCCCN1c2ccccc2CCc2ccccc21.CPC.ClCCCN1c2ccccc2CCc2ccccc21.O=CCCCl.OCCCCl.c1ccc2c(c1)CCc1ccccc1N2. The minimum Gasteiger partial charge on any atom is -0.396 e. The number of anilines is 8. The lowest BCUT2D eigenvalue weighted by atomic mass is 10.0. The molecule has 0 radical (unpaired) electrons. The molecule has 4 aliphatic heterocycles. The number of aryl methyl sites for hydroxylation is 8. The highest BCUT2D eigenvalue weighted by molar-refractivity contribution is 7.35. The number of nitrogens with one attached hydrogen (secondary N) is 2. The van der Waals surface area contributed by atoms with Crippen LogP contribution >= 0.6 is 55.0 Å². The average Bonchev–Trinajstić information content (AvgIpc) is 1.72. The lowest BCUT2D eigenvalue weighted by Gasteiger charge is -2.28. The van der Waals surface area contributed by atoms with E-state index in [4.69, 9.17) is 51.5 Å². The second kappa shape index (κ2) is 53.5. The highest BCUT2D eigenvalue weighted by Gasteiger charge is 2.23. The van der Waals surface area contributed by atoms with E-state index < -0.39 is 5.24 Å². The zero-order valence-electron chi connectivity index (χ0n) is 62.2. The summed E-state index contributed by atoms with van der Waals surface area (Å²) in [5.41, 5.74) is 22.0. The van der Waals surface area contributed by atoms with Crippen molar-refractivity contribution >= 4 is 118 Å². The van der Waals surface area contributed by atoms with Gasteiger partial charge < -0.3 is 45.0 Å². The molecule has 0 bridgehead atoms. The number of carbonyl (C=O) groups is 3. The number of aliphatic hydroxyl groups excluding tert-OH is 1. The minimum absolute atomic E-state index is 0.0216. The van der Waals surface area contributed by atoms with E-state index in [0.717, 1.165) is 124 Å². The van der Waals surface area contributed by atoms with E-state index in [1.165, 1.54) is 116 Å². The van der Waals surface area contributed by atoms with E-state index in [-0.39, 0.29) is 12.5 Å². The first-order chi connectivity index (χ1) is 50.3. The summed E-state index contributed by atoms with van der Waals surface area (Å²) < 4.78 is 0. The van der Waals surface area contributed by atoms with E-state index in [0.29, 0.717) is 30.5 Å². The maximum atomic E-state index is 11.6. The number of aliphatic hydroxyl groups is 1. The number of hydrogen-bond donors (Lipinski definition) is 3. The van der Waals surface area contributed by atoms with Gasteiger partial charge in [0.2, 0.25) is 11.1 Å². The lowest BCUT2D eigenvalue weighted by Crippen LogP contribution is -2.29. The van der Waals surface area contributed by atoms with Gasteiger partial charge in [-0.15, -0.1) is 43.4 Å². The first kappa shape index (κ1) is 88.1. The molecule has 0 aliphatic carbocycles. The Morgan fingerprint density at radius 1 is 0.485 bits per heavy atom. The third-order valence-electron chi connectivity index (χ3n) is 17.4. The van der Waals surface area contributed by atoms with Gasteiger partial charge >= 0.3 is 0 Å². The number of fused-ring (bicyclic) bond motifs is 8. The van der Waals surface area contributed by atoms with Gasteiger partial charge in [-0.2, -0.15) is 0 Å². The molecule has 1 amide bonds. The molecular formula is C87H114Cl4N7O4P. The number of hydrogen-bond acceptors (Lipinski definition) is 10. The summed E-state index contributed by atoms with van der Waals surface area (Å²) in [7, 11) is 4.93. The molecule has 0 unspecified atom stereocenters. The van der Waals surface area contributed by atoms with Crippen LogP contribution in [0.15, 0.2) is 219 Å². The van der Waals surface area contributed by atoms with E-state index in [2.05, 4.69) is 272 Å². The smallest absolute Gasteiger partial charge is 0.245 e. The zero-order chi connectivity index (χ0) is 74.8. The summed E-state index contributed by atoms with van der Waals surface area (Å²) in [6.07, 6.45) is 16.4. The molecule has 0 saturated heterocycles. The van der Waals surface area contributed by atoms with Crippen molar-refractivity contribution in [1.82, 2.24) is 15.1 Å². The van der Waals surface area contributed by atoms with E-state index >= 15 is 0 Å². The highest BCUT2D eigenvalue weighted by atomic mass is 35.5. The molecule has 8 aromatic rings. The quantitative estimate of drug-likeness (QED) is 0.0170. The van der Waals surface area contributed by atoms with Gasteiger partial charge in [0.05, 0.1) is 0 Å². The molecule has 8 aromatic carbocycles. The second-order valence-corrected chi connectivity index (χ2v) is 27.0. The van der Waals surface area contributed by atoms with Crippen molar-refractivity contribution in [2.75, 3.05) is 124 Å². The van der Waals surface area contributed by atoms with Gasteiger partial charge in [0.1, 0.15) is 6.29 Å². The molecule has 4 aliphatic rings. The molecule has 12 rings (SSSR count). The fraction of sp³-hybridized carbons (Fsp3) is 0.368. The van der Waals surface area contributed by atoms with Crippen molar-refractivity contribution in [3.8, 4) is 0 Å². The largest absolute Gasteiger partial charge is 0.396 e. The van der Waals surface area contributed by atoms with Crippen LogP contribution in [-0.2, 0) is 65.8 Å². The second-order valence-electron chi connectivity index (χ2n) is 24.5. The minimum atomic E-state index is -0.509. The number of alkyl halides is 3. The van der Waals surface area contributed by atoms with Crippen LogP contribution < -0.4 is 25.3 Å². The Morgan fingerprint density at radius 2 is 0.777 bits per heavy atom. The standard InChI is InChI=1S/C21H24N2O.C18H22N2.C17H18ClN.C14H13N.C6H15N.C3H3ClO.C3H7ClO.C3H5ClO.C2H7P/c1-3-21(24)22(2)15-8-16-23-19-11-6-4-9-17(19)13-14-18-10-5-7-12-20(18)23;1-19-13-6-14-20-17-9-4-2-7-15(17)11-12-16-8-3-5-10-18(16)20;18-12-5-13-19-16-8-3-1-6-14(16)10-11-15-7-2-4-9-17(15)19;1-3-7-13-11(5-1)9-10-12-6-2-4-8-14(12)15-13;1-4-7(5-2)6-3;1-2-3(4)5;2*4-2-1-3-5;1-3-2/h3-7,9-12H,1,8,13-16H2,2H3;2-5,7-10,19H,6,11-14H2,1H3;1-4,6-9H,5,10-13H2;1-8,15H,9-10H2;4-6H2,1-3H3;2H,1H2;5H,1-3H2;3H,1-2H2;3H,1-2H3. The third-order valence-corrected chi connectivity index (χ3v) is 18.3. The summed E-state index contributed by atoms with van der Waals surface area (Å²) in [5.74, 6) is 1.70. The van der Waals surface area contributed by atoms with Crippen LogP contribution in [0.25, 0.3) is 0 Å². The Hall–Kier alpha value is -7.28. The van der Waals surface area contributed by atoms with Crippen LogP contribution in [0.4, 0.5) is 45.5 Å².